The van der Waals surface area contributed by atoms with Gasteiger partial charge in [0.15, 0.2) is 0 Å². The van der Waals surface area contributed by atoms with Crippen LogP contribution in [0.3, 0.4) is 0 Å². The Hall–Kier alpha value is -1.90. The van der Waals surface area contributed by atoms with E-state index in [1.807, 2.05) is 29.9 Å². The molecule has 1 aliphatic carbocycles. The summed E-state index contributed by atoms with van der Waals surface area (Å²) in [6.45, 7) is 0. The number of ketones is 1. The molecule has 92 valence electrons. The molecule has 18 heavy (non-hydrogen) atoms. The summed E-state index contributed by atoms with van der Waals surface area (Å²) in [5, 5.41) is 0. The quantitative estimate of drug-likeness (QED) is 0.821. The summed E-state index contributed by atoms with van der Waals surface area (Å²) in [4.78, 5) is 16.4. The van der Waals surface area contributed by atoms with Crippen LogP contribution >= 0.6 is 0 Å². The number of carbonyl (C=O) groups is 1. The number of fused-ring (bicyclic) bond motifs is 1. The van der Waals surface area contributed by atoms with E-state index in [4.69, 9.17) is 0 Å². The number of aromatic nitrogens is 2. The van der Waals surface area contributed by atoms with Crippen molar-refractivity contribution >= 4 is 5.78 Å². The topological polar surface area (TPSA) is 34.9 Å². The lowest BCUT2D eigenvalue weighted by molar-refractivity contribution is -0.121. The molecule has 3 nitrogen and oxygen atoms in total. The predicted octanol–water partition coefficient (Wildman–Crippen LogP) is 2.26. The molecule has 0 amide bonds. The lowest BCUT2D eigenvalue weighted by atomic mass is 9.74. The minimum absolute atomic E-state index is 0.126. The molecule has 0 saturated carbocycles. The van der Waals surface area contributed by atoms with Gasteiger partial charge in [-0.2, -0.15) is 0 Å². The maximum absolute atomic E-state index is 12.2. The van der Waals surface area contributed by atoms with Gasteiger partial charge in [0.25, 0.3) is 0 Å². The van der Waals surface area contributed by atoms with Crippen LogP contribution in [0.4, 0.5) is 0 Å². The Labute approximate surface area is 106 Å². The first-order valence-electron chi connectivity index (χ1n) is 6.32. The molecule has 3 rings (SSSR count). The zero-order valence-electron chi connectivity index (χ0n) is 10.5. The molecule has 0 fully saturated rings. The van der Waals surface area contributed by atoms with Crippen molar-refractivity contribution in [3.63, 3.8) is 0 Å². The number of aryl methyl sites for hydroxylation is 2. The summed E-state index contributed by atoms with van der Waals surface area (Å²) in [7, 11) is 1.96. The number of rotatable bonds is 4. The minimum Gasteiger partial charge on any atom is -0.338 e. The van der Waals surface area contributed by atoms with Crippen molar-refractivity contribution in [3.05, 3.63) is 53.6 Å². The first-order valence-corrected chi connectivity index (χ1v) is 6.32. The molecule has 1 aliphatic rings. The molecule has 1 aromatic heterocycles. The van der Waals surface area contributed by atoms with Gasteiger partial charge in [-0.3, -0.25) is 4.79 Å². The number of hydrogen-bond donors (Lipinski definition) is 0. The van der Waals surface area contributed by atoms with Gasteiger partial charge in [-0.15, -0.1) is 0 Å². The fourth-order valence-corrected chi connectivity index (χ4v) is 2.59. The summed E-state index contributed by atoms with van der Waals surface area (Å²) in [6, 6.07) is 8.23. The number of imidazole rings is 1. The van der Waals surface area contributed by atoms with Crippen molar-refractivity contribution in [2.45, 2.75) is 25.2 Å². The Bertz CT molecular complexity index is 586. The SMILES string of the molecule is Cn1ccnc1CCC(=O)C1Cc2ccccc21. The van der Waals surface area contributed by atoms with Crippen molar-refractivity contribution < 1.29 is 4.79 Å². The molecule has 2 aromatic rings. The van der Waals surface area contributed by atoms with Gasteiger partial charge in [0.1, 0.15) is 11.6 Å². The van der Waals surface area contributed by atoms with E-state index in [9.17, 15) is 4.79 Å². The number of nitrogens with zero attached hydrogens (tertiary/aromatic N) is 2. The Morgan fingerprint density at radius 3 is 3.00 bits per heavy atom. The summed E-state index contributed by atoms with van der Waals surface area (Å²) in [5.74, 6) is 1.45. The number of Topliss-reactive ketones (excluding diaryl/α,β-unsaturated/α-hetero) is 1. The monoisotopic (exact) mass is 240 g/mol. The van der Waals surface area contributed by atoms with Gasteiger partial charge in [0.05, 0.1) is 0 Å². The molecule has 0 saturated heterocycles. The molecule has 0 radical (unpaired) electrons. The second kappa shape index (κ2) is 4.41. The lowest BCUT2D eigenvalue weighted by Crippen LogP contribution is -2.25. The maximum atomic E-state index is 12.2. The normalized spacial score (nSPS) is 17.1. The minimum atomic E-state index is 0.126. The van der Waals surface area contributed by atoms with Gasteiger partial charge in [-0.25, -0.2) is 4.98 Å². The second-order valence-electron chi connectivity index (χ2n) is 4.88. The third kappa shape index (κ3) is 1.86. The van der Waals surface area contributed by atoms with E-state index in [0.717, 1.165) is 18.7 Å². The Balaban J connectivity index is 1.63. The van der Waals surface area contributed by atoms with Crippen molar-refractivity contribution in [2.75, 3.05) is 0 Å². The molecule has 0 aliphatic heterocycles. The zero-order valence-corrected chi connectivity index (χ0v) is 10.5. The van der Waals surface area contributed by atoms with Gasteiger partial charge in [-0.1, -0.05) is 24.3 Å². The fraction of sp³-hybridized carbons (Fsp3) is 0.333. The van der Waals surface area contributed by atoms with E-state index in [2.05, 4.69) is 17.1 Å². The van der Waals surface area contributed by atoms with Gasteiger partial charge < -0.3 is 4.57 Å². The molecule has 1 heterocycles. The third-order valence-corrected chi connectivity index (χ3v) is 3.76. The largest absolute Gasteiger partial charge is 0.338 e. The van der Waals surface area contributed by atoms with E-state index in [0.29, 0.717) is 12.2 Å². The standard InChI is InChI=1S/C15H16N2O/c1-17-9-8-16-15(17)7-6-14(18)13-10-11-4-2-3-5-12(11)13/h2-5,8-9,13H,6-7,10H2,1H3. The van der Waals surface area contributed by atoms with Crippen molar-refractivity contribution in [3.8, 4) is 0 Å². The second-order valence-corrected chi connectivity index (χ2v) is 4.88. The Morgan fingerprint density at radius 2 is 2.28 bits per heavy atom. The average Bonchev–Trinajstić information content (AvgIpc) is 2.74. The highest BCUT2D eigenvalue weighted by atomic mass is 16.1. The smallest absolute Gasteiger partial charge is 0.141 e. The summed E-state index contributed by atoms with van der Waals surface area (Å²) in [6.07, 6.45) is 5.93. The Kier molecular flexibility index (Phi) is 2.74. The van der Waals surface area contributed by atoms with E-state index in [1.165, 1.54) is 11.1 Å². The van der Waals surface area contributed by atoms with E-state index >= 15 is 0 Å². The maximum Gasteiger partial charge on any atom is 0.141 e. The molecule has 3 heteroatoms. The number of benzene rings is 1. The number of hydrogen-bond acceptors (Lipinski definition) is 2. The zero-order chi connectivity index (χ0) is 12.5. The predicted molar refractivity (Wildman–Crippen MR) is 69.4 cm³/mol. The Morgan fingerprint density at radius 1 is 1.44 bits per heavy atom. The van der Waals surface area contributed by atoms with Crippen LogP contribution in [-0.4, -0.2) is 15.3 Å². The third-order valence-electron chi connectivity index (χ3n) is 3.76. The molecular weight excluding hydrogens is 224 g/mol. The van der Waals surface area contributed by atoms with Gasteiger partial charge in [0.2, 0.25) is 0 Å². The van der Waals surface area contributed by atoms with Gasteiger partial charge in [-0.05, 0) is 17.5 Å². The van der Waals surface area contributed by atoms with Crippen LogP contribution in [0.15, 0.2) is 36.7 Å². The summed E-state index contributed by atoms with van der Waals surface area (Å²) >= 11 is 0. The lowest BCUT2D eigenvalue weighted by Gasteiger charge is -2.28. The molecule has 1 atom stereocenters. The highest BCUT2D eigenvalue weighted by Crippen LogP contribution is 2.36. The van der Waals surface area contributed by atoms with E-state index in [1.54, 1.807) is 6.20 Å². The van der Waals surface area contributed by atoms with Crippen LogP contribution in [0.2, 0.25) is 0 Å². The van der Waals surface area contributed by atoms with Crippen LogP contribution in [0.5, 0.6) is 0 Å². The molecular formula is C15H16N2O. The molecule has 0 spiro atoms. The van der Waals surface area contributed by atoms with E-state index < -0.39 is 0 Å². The van der Waals surface area contributed by atoms with Crippen LogP contribution in [0.25, 0.3) is 0 Å². The molecule has 0 N–H and O–H groups in total. The van der Waals surface area contributed by atoms with Crippen molar-refractivity contribution in [1.29, 1.82) is 0 Å². The van der Waals surface area contributed by atoms with Gasteiger partial charge in [0, 0.05) is 38.2 Å². The van der Waals surface area contributed by atoms with Gasteiger partial charge >= 0.3 is 0 Å². The first kappa shape index (κ1) is 11.2. The van der Waals surface area contributed by atoms with E-state index in [-0.39, 0.29) is 5.92 Å². The highest BCUT2D eigenvalue weighted by molar-refractivity contribution is 5.88. The summed E-state index contributed by atoms with van der Waals surface area (Å²) < 4.78 is 1.97. The molecule has 1 aromatic carbocycles. The van der Waals surface area contributed by atoms with Crippen molar-refractivity contribution in [1.82, 2.24) is 9.55 Å². The first-order chi connectivity index (χ1) is 8.75. The fourth-order valence-electron chi connectivity index (χ4n) is 2.59. The highest BCUT2D eigenvalue weighted by Gasteiger charge is 2.30. The van der Waals surface area contributed by atoms with Crippen LogP contribution < -0.4 is 0 Å². The van der Waals surface area contributed by atoms with Crippen LogP contribution in [-0.2, 0) is 24.7 Å². The summed E-state index contributed by atoms with van der Waals surface area (Å²) in [5.41, 5.74) is 2.55. The average molecular weight is 240 g/mol. The van der Waals surface area contributed by atoms with Crippen LogP contribution in [0.1, 0.15) is 29.3 Å². The molecule has 0 bridgehead atoms. The van der Waals surface area contributed by atoms with Crippen LogP contribution in [0, 0.1) is 0 Å². The molecule has 1 unspecified atom stereocenters. The number of carbonyl (C=O) groups excluding carboxylic acids is 1. The van der Waals surface area contributed by atoms with Crippen molar-refractivity contribution in [2.24, 2.45) is 7.05 Å².